The van der Waals surface area contributed by atoms with Crippen LogP contribution in [0.4, 0.5) is 0 Å². The summed E-state index contributed by atoms with van der Waals surface area (Å²) in [7, 11) is 0. The molecule has 27 heteroatoms. The van der Waals surface area contributed by atoms with Gasteiger partial charge in [-0.15, -0.1) is 0 Å². The maximum atomic E-state index is 11.1. The van der Waals surface area contributed by atoms with Crippen molar-refractivity contribution in [3.05, 3.63) is 0 Å². The fourth-order valence-corrected chi connectivity index (χ4v) is 7.15. The molecule has 0 aromatic carbocycles. The summed E-state index contributed by atoms with van der Waals surface area (Å²) in [6.07, 6.45) is -45.9. The quantitative estimate of drug-likeness (QED) is 0.0570. The number of hydrogen-bond donors (Lipinski definition) is 17. The van der Waals surface area contributed by atoms with Gasteiger partial charge < -0.3 is 124 Å². The van der Waals surface area contributed by atoms with Gasteiger partial charge in [-0.05, 0) is 0 Å². The number of aliphatic hydroxyl groups excluding tert-OH is 16. The molecule has 0 aromatic heterocycles. The first-order chi connectivity index (χ1) is 27.1. The SMILES string of the molecule is OC[C@H]1O[C@@H](O[C@H]2[C@H](O)[C@H](O)[C@H](O[C@H]3[C@H](O)[C@H](O)[C@H](O[C@H]4[C@H](O)[C@H](O)[C@H](O[C@H]5[C@H](O)[C@H](O)[C@H](O)O[C@@H]5CO)O[C@@H]4CO)O[C@@H]3CO)O[C@@H]2CO)[C@@H](O)[C@@H](O)[C@@H]1OO. The van der Waals surface area contributed by atoms with E-state index in [1.165, 1.54) is 0 Å². The van der Waals surface area contributed by atoms with Crippen molar-refractivity contribution < 1.29 is 134 Å². The molecule has 5 fully saturated rings. The van der Waals surface area contributed by atoms with Crippen LogP contribution in [0.1, 0.15) is 0 Å². The van der Waals surface area contributed by atoms with Crippen LogP contribution in [0.3, 0.4) is 0 Å². The predicted molar refractivity (Wildman–Crippen MR) is 168 cm³/mol. The minimum atomic E-state index is -2.12. The Balaban J connectivity index is 1.22. The summed E-state index contributed by atoms with van der Waals surface area (Å²) in [4.78, 5) is 4.06. The van der Waals surface area contributed by atoms with Gasteiger partial charge in [0.05, 0.1) is 33.0 Å². The van der Waals surface area contributed by atoms with Gasteiger partial charge in [0.1, 0.15) is 122 Å². The Morgan fingerprint density at radius 3 is 0.789 bits per heavy atom. The molecule has 0 aromatic rings. The lowest BCUT2D eigenvalue weighted by molar-refractivity contribution is -0.401. The highest BCUT2D eigenvalue weighted by Crippen LogP contribution is 2.35. The Bertz CT molecular complexity index is 1220. The van der Waals surface area contributed by atoms with Gasteiger partial charge in [0.25, 0.3) is 0 Å². The highest BCUT2D eigenvalue weighted by atomic mass is 17.1. The van der Waals surface area contributed by atoms with E-state index in [1.54, 1.807) is 0 Å². The molecule has 57 heavy (non-hydrogen) atoms. The van der Waals surface area contributed by atoms with Crippen molar-refractivity contribution >= 4 is 0 Å². The first kappa shape index (κ1) is 47.0. The normalized spacial score (nSPS) is 52.5. The molecule has 5 aliphatic rings. The summed E-state index contributed by atoms with van der Waals surface area (Å²) in [5.41, 5.74) is 0. The van der Waals surface area contributed by atoms with Gasteiger partial charge in [0.2, 0.25) is 0 Å². The number of hydrogen-bond acceptors (Lipinski definition) is 27. The average Bonchev–Trinajstić information content (AvgIpc) is 3.20. The molecule has 5 saturated heterocycles. The summed E-state index contributed by atoms with van der Waals surface area (Å²) in [5.74, 6) is 0. The highest BCUT2D eigenvalue weighted by molar-refractivity contribution is 4.99. The van der Waals surface area contributed by atoms with E-state index in [4.69, 9.17) is 47.9 Å². The Morgan fingerprint density at radius 1 is 0.298 bits per heavy atom. The molecular weight excluding hydrogens is 792 g/mol. The van der Waals surface area contributed by atoms with Crippen LogP contribution in [-0.4, -0.2) is 274 Å². The Labute approximate surface area is 321 Å². The zero-order valence-corrected chi connectivity index (χ0v) is 29.7. The molecule has 17 N–H and O–H groups in total. The van der Waals surface area contributed by atoms with Crippen molar-refractivity contribution in [2.24, 2.45) is 0 Å². The summed E-state index contributed by atoms with van der Waals surface area (Å²) < 4.78 is 49.2. The van der Waals surface area contributed by atoms with Crippen molar-refractivity contribution in [1.82, 2.24) is 0 Å². The van der Waals surface area contributed by atoms with E-state index >= 15 is 0 Å². The molecule has 27 nitrogen and oxygen atoms in total. The molecule has 0 bridgehead atoms. The number of aliphatic hydroxyl groups is 16. The Kier molecular flexibility index (Phi) is 16.6. The van der Waals surface area contributed by atoms with Gasteiger partial charge >= 0.3 is 0 Å². The Morgan fingerprint density at radius 2 is 0.526 bits per heavy atom. The Hall–Kier alpha value is -1.08. The van der Waals surface area contributed by atoms with Crippen LogP contribution in [0, 0.1) is 0 Å². The van der Waals surface area contributed by atoms with Gasteiger partial charge in [-0.3, -0.25) is 5.26 Å². The van der Waals surface area contributed by atoms with Gasteiger partial charge in [0, 0.05) is 0 Å². The van der Waals surface area contributed by atoms with Crippen LogP contribution in [0.5, 0.6) is 0 Å². The predicted octanol–water partition coefficient (Wildman–Crippen LogP) is -11.4. The second kappa shape index (κ2) is 20.2. The van der Waals surface area contributed by atoms with E-state index in [0.717, 1.165) is 0 Å². The monoisotopic (exact) mass is 844 g/mol. The van der Waals surface area contributed by atoms with E-state index in [9.17, 15) is 81.7 Å². The maximum Gasteiger partial charge on any atom is 0.187 e. The van der Waals surface area contributed by atoms with Crippen molar-refractivity contribution in [2.75, 3.05) is 33.0 Å². The van der Waals surface area contributed by atoms with Crippen molar-refractivity contribution in [1.29, 1.82) is 0 Å². The van der Waals surface area contributed by atoms with Crippen LogP contribution >= 0.6 is 0 Å². The number of rotatable bonds is 14. The third-order valence-corrected chi connectivity index (χ3v) is 10.4. The first-order valence-corrected chi connectivity index (χ1v) is 17.8. The van der Waals surface area contributed by atoms with Gasteiger partial charge in [0.15, 0.2) is 31.5 Å². The van der Waals surface area contributed by atoms with Crippen LogP contribution in [-0.2, 0) is 47.5 Å². The van der Waals surface area contributed by atoms with Crippen molar-refractivity contribution in [2.45, 2.75) is 154 Å². The van der Waals surface area contributed by atoms with E-state index in [-0.39, 0.29) is 0 Å². The molecule has 0 radical (unpaired) electrons. The molecular formula is C30H52O27. The lowest BCUT2D eigenvalue weighted by Crippen LogP contribution is -2.68. The van der Waals surface area contributed by atoms with Crippen LogP contribution in [0.15, 0.2) is 0 Å². The average molecular weight is 845 g/mol. The fourth-order valence-electron chi connectivity index (χ4n) is 7.15. The summed E-state index contributed by atoms with van der Waals surface area (Å²) in [6, 6.07) is 0. The molecule has 0 spiro atoms. The minimum Gasteiger partial charge on any atom is -0.394 e. The molecule has 0 saturated carbocycles. The van der Waals surface area contributed by atoms with Crippen molar-refractivity contribution in [3.8, 4) is 0 Å². The van der Waals surface area contributed by atoms with Crippen LogP contribution in [0.25, 0.3) is 0 Å². The molecule has 0 amide bonds. The minimum absolute atomic E-state index is 0.835. The molecule has 0 aliphatic carbocycles. The molecule has 5 heterocycles. The summed E-state index contributed by atoms with van der Waals surface area (Å²) in [6.45, 7) is -4.56. The van der Waals surface area contributed by atoms with E-state index < -0.39 is 187 Å². The second-order valence-electron chi connectivity index (χ2n) is 14.0. The molecule has 25 atom stereocenters. The van der Waals surface area contributed by atoms with Gasteiger partial charge in [-0.25, -0.2) is 4.89 Å². The fraction of sp³-hybridized carbons (Fsp3) is 1.00. The molecule has 5 aliphatic heterocycles. The largest absolute Gasteiger partial charge is 0.394 e. The smallest absolute Gasteiger partial charge is 0.187 e. The summed E-state index contributed by atoms with van der Waals surface area (Å²) >= 11 is 0. The lowest BCUT2D eigenvalue weighted by Gasteiger charge is -2.49. The zero-order valence-electron chi connectivity index (χ0n) is 29.7. The zero-order chi connectivity index (χ0) is 42.0. The van der Waals surface area contributed by atoms with Gasteiger partial charge in [-0.2, -0.15) is 0 Å². The van der Waals surface area contributed by atoms with Crippen LogP contribution in [0.2, 0.25) is 0 Å². The van der Waals surface area contributed by atoms with Crippen LogP contribution < -0.4 is 0 Å². The third kappa shape index (κ3) is 9.55. The standard InChI is InChI=1S/C30H52O27/c31-1-6-21(11(36)16(41)26(46)48-6)53-27-17(42)12(37)22(7(2-32)49-27)54-28-18(43)13(38)23(8(3-33)50-28)55-29-19(44)14(39)24(9(4-34)51-29)56-30-20(45)15(40)25(57-47)10(5-35)52-30/h6-47H,1-5H2/t6-,7-,8-,9-,10-,11-,12-,13-,14-,15-,16+,17+,18+,19+,20+,21-,22-,23-,24-,25-,26-,27+,28+,29+,30+/m1/s1. The maximum absolute atomic E-state index is 11.1. The van der Waals surface area contributed by atoms with Crippen molar-refractivity contribution in [3.63, 3.8) is 0 Å². The molecule has 5 rings (SSSR count). The van der Waals surface area contributed by atoms with Gasteiger partial charge in [-0.1, -0.05) is 0 Å². The molecule has 334 valence electrons. The third-order valence-electron chi connectivity index (χ3n) is 10.4. The van der Waals surface area contributed by atoms with E-state index in [1.807, 2.05) is 0 Å². The lowest BCUT2D eigenvalue weighted by atomic mass is 9.95. The van der Waals surface area contributed by atoms with E-state index in [0.29, 0.717) is 0 Å². The second-order valence-corrected chi connectivity index (χ2v) is 14.0. The topological polar surface area (TPSA) is 436 Å². The number of ether oxygens (including phenoxy) is 9. The highest BCUT2D eigenvalue weighted by Gasteiger charge is 2.56. The van der Waals surface area contributed by atoms with E-state index in [2.05, 4.69) is 4.89 Å². The summed E-state index contributed by atoms with van der Waals surface area (Å²) in [5, 5.41) is 175. The first-order valence-electron chi connectivity index (χ1n) is 17.8. The molecule has 0 unspecified atom stereocenters.